The van der Waals surface area contributed by atoms with Crippen LogP contribution in [0.15, 0.2) is 30.5 Å². The molecule has 0 N–H and O–H groups in total. The highest BCUT2D eigenvalue weighted by atomic mass is 19.1. The predicted molar refractivity (Wildman–Crippen MR) is 88.2 cm³/mol. The number of aryl methyl sites for hydroxylation is 1. The molecule has 130 valence electrons. The Hall–Kier alpha value is -2.87. The molecule has 0 saturated heterocycles. The molecule has 1 aromatic carbocycles. The Balaban J connectivity index is 2.01. The number of nitrogens with zero attached hydrogens (tertiary/aromatic N) is 4. The molecule has 0 aliphatic rings. The number of imidazole rings is 1. The van der Waals surface area contributed by atoms with Crippen LogP contribution < -0.4 is 4.74 Å². The average molecular weight is 344 g/mol. The van der Waals surface area contributed by atoms with E-state index in [4.69, 9.17) is 9.47 Å². The lowest BCUT2D eigenvalue weighted by atomic mass is 10.1. The molecule has 3 rings (SSSR count). The minimum atomic E-state index is -0.586. The summed E-state index contributed by atoms with van der Waals surface area (Å²) in [5.74, 6) is -0.970. The van der Waals surface area contributed by atoms with Crippen LogP contribution in [-0.4, -0.2) is 45.6 Å². The van der Waals surface area contributed by atoms with Crippen LogP contribution >= 0.6 is 0 Å². The van der Waals surface area contributed by atoms with E-state index in [1.165, 1.54) is 24.4 Å². The van der Waals surface area contributed by atoms with Gasteiger partial charge in [-0.1, -0.05) is 12.1 Å². The molecule has 0 saturated carbocycles. The van der Waals surface area contributed by atoms with E-state index in [0.29, 0.717) is 30.9 Å². The van der Waals surface area contributed by atoms with Crippen molar-refractivity contribution >= 4 is 16.9 Å². The summed E-state index contributed by atoms with van der Waals surface area (Å²) >= 11 is 0. The van der Waals surface area contributed by atoms with Crippen molar-refractivity contribution in [1.29, 1.82) is 0 Å². The van der Waals surface area contributed by atoms with Crippen molar-refractivity contribution < 1.29 is 18.7 Å². The molecule has 7 nitrogen and oxygen atoms in total. The van der Waals surface area contributed by atoms with Gasteiger partial charge in [-0.25, -0.2) is 14.4 Å². The van der Waals surface area contributed by atoms with Crippen molar-refractivity contribution in [1.82, 2.24) is 19.5 Å². The lowest BCUT2D eigenvalue weighted by molar-refractivity contribution is 0.102. The van der Waals surface area contributed by atoms with Crippen molar-refractivity contribution in [3.05, 3.63) is 47.7 Å². The molecule has 3 aromatic rings. The summed E-state index contributed by atoms with van der Waals surface area (Å²) in [5, 5.41) is 0. The zero-order valence-corrected chi connectivity index (χ0v) is 13.9. The number of carbonyl (C=O) groups excluding carboxylic acids is 1. The van der Waals surface area contributed by atoms with E-state index in [9.17, 15) is 9.18 Å². The molecule has 0 aliphatic carbocycles. The number of aromatic nitrogens is 4. The van der Waals surface area contributed by atoms with E-state index in [1.807, 2.05) is 6.92 Å². The lowest BCUT2D eigenvalue weighted by Gasteiger charge is -2.06. The molecule has 0 bridgehead atoms. The molecule has 2 heterocycles. The largest absolute Gasteiger partial charge is 0.461 e. The van der Waals surface area contributed by atoms with Gasteiger partial charge in [0.05, 0.1) is 18.4 Å². The Labute approximate surface area is 143 Å². The number of carbonyl (C=O) groups is 1. The van der Waals surface area contributed by atoms with E-state index in [1.54, 1.807) is 17.7 Å². The van der Waals surface area contributed by atoms with Crippen LogP contribution in [0.25, 0.3) is 11.2 Å². The molecule has 8 heteroatoms. The number of hydrogen-bond donors (Lipinski definition) is 0. The van der Waals surface area contributed by atoms with E-state index in [0.717, 1.165) is 0 Å². The van der Waals surface area contributed by atoms with E-state index < -0.39 is 11.6 Å². The molecule has 0 radical (unpaired) electrons. The number of halogens is 1. The van der Waals surface area contributed by atoms with Crippen molar-refractivity contribution in [2.24, 2.45) is 0 Å². The molecule has 0 aliphatic heterocycles. The molecule has 0 spiro atoms. The third kappa shape index (κ3) is 3.34. The predicted octanol–water partition coefficient (Wildman–Crippen LogP) is 2.24. The summed E-state index contributed by atoms with van der Waals surface area (Å²) in [4.78, 5) is 25.3. The van der Waals surface area contributed by atoms with Crippen LogP contribution in [0.2, 0.25) is 0 Å². The standard InChI is InChI=1S/C17H17FN4O3/c1-3-22-15-13(10-19-17(21-15)25-9-8-24-2)20-16(22)14(23)11-6-4-5-7-12(11)18/h4-7,10H,3,8-9H2,1-2H3. The van der Waals surface area contributed by atoms with Crippen molar-refractivity contribution in [2.45, 2.75) is 13.5 Å². The molecule has 0 amide bonds. The summed E-state index contributed by atoms with van der Waals surface area (Å²) in [5.41, 5.74) is 0.877. The van der Waals surface area contributed by atoms with E-state index in [-0.39, 0.29) is 17.4 Å². The van der Waals surface area contributed by atoms with Gasteiger partial charge in [0.1, 0.15) is 17.9 Å². The second kappa shape index (κ2) is 7.35. The maximum absolute atomic E-state index is 13.9. The first kappa shape index (κ1) is 17.0. The van der Waals surface area contributed by atoms with E-state index >= 15 is 0 Å². The number of hydrogen-bond acceptors (Lipinski definition) is 6. The van der Waals surface area contributed by atoms with Crippen LogP contribution in [0.4, 0.5) is 4.39 Å². The quantitative estimate of drug-likeness (QED) is 0.483. The minimum Gasteiger partial charge on any atom is -0.461 e. The molecule has 2 aromatic heterocycles. The van der Waals surface area contributed by atoms with Crippen LogP contribution in [0.5, 0.6) is 6.01 Å². The Morgan fingerprint density at radius 2 is 2.04 bits per heavy atom. The zero-order valence-electron chi connectivity index (χ0n) is 13.9. The molecular weight excluding hydrogens is 327 g/mol. The molecule has 0 fully saturated rings. The van der Waals surface area contributed by atoms with Gasteiger partial charge in [0.25, 0.3) is 0 Å². The Kier molecular flexibility index (Phi) is 4.99. The monoisotopic (exact) mass is 344 g/mol. The number of fused-ring (bicyclic) bond motifs is 1. The topological polar surface area (TPSA) is 79.1 Å². The molecule has 0 unspecified atom stereocenters. The number of rotatable bonds is 7. The Morgan fingerprint density at radius 1 is 1.24 bits per heavy atom. The van der Waals surface area contributed by atoms with Gasteiger partial charge in [0.2, 0.25) is 5.78 Å². The fourth-order valence-corrected chi connectivity index (χ4v) is 2.43. The minimum absolute atomic E-state index is 0.0305. The molecular formula is C17H17FN4O3. The van der Waals surface area contributed by atoms with Gasteiger partial charge in [-0.05, 0) is 19.1 Å². The highest BCUT2D eigenvalue weighted by molar-refractivity contribution is 6.08. The number of ether oxygens (including phenoxy) is 2. The Morgan fingerprint density at radius 3 is 2.76 bits per heavy atom. The van der Waals surface area contributed by atoms with Crippen molar-refractivity contribution in [3.63, 3.8) is 0 Å². The highest BCUT2D eigenvalue weighted by Gasteiger charge is 2.22. The highest BCUT2D eigenvalue weighted by Crippen LogP contribution is 2.19. The second-order valence-corrected chi connectivity index (χ2v) is 5.19. The van der Waals surface area contributed by atoms with Gasteiger partial charge in [-0.3, -0.25) is 4.79 Å². The first-order valence-corrected chi connectivity index (χ1v) is 7.80. The first-order valence-electron chi connectivity index (χ1n) is 7.80. The Bertz CT molecular complexity index is 910. The zero-order chi connectivity index (χ0) is 17.8. The van der Waals surface area contributed by atoms with Crippen molar-refractivity contribution in [3.8, 4) is 6.01 Å². The van der Waals surface area contributed by atoms with Crippen LogP contribution in [0, 0.1) is 5.82 Å². The summed E-state index contributed by atoms with van der Waals surface area (Å²) in [6, 6.07) is 5.99. The summed E-state index contributed by atoms with van der Waals surface area (Å²) in [6.45, 7) is 3.02. The first-order chi connectivity index (χ1) is 12.2. The number of benzene rings is 1. The molecule has 0 atom stereocenters. The smallest absolute Gasteiger partial charge is 0.318 e. The van der Waals surface area contributed by atoms with Crippen LogP contribution in [0.1, 0.15) is 23.1 Å². The average Bonchev–Trinajstić information content (AvgIpc) is 2.99. The summed E-state index contributed by atoms with van der Waals surface area (Å²) in [6.07, 6.45) is 1.48. The summed E-state index contributed by atoms with van der Waals surface area (Å²) < 4.78 is 25.9. The van der Waals surface area contributed by atoms with Gasteiger partial charge in [-0.15, -0.1) is 0 Å². The van der Waals surface area contributed by atoms with E-state index in [2.05, 4.69) is 15.0 Å². The van der Waals surface area contributed by atoms with Gasteiger partial charge in [0.15, 0.2) is 11.5 Å². The third-order valence-electron chi connectivity index (χ3n) is 3.62. The summed E-state index contributed by atoms with van der Waals surface area (Å²) in [7, 11) is 1.57. The SMILES string of the molecule is CCn1c(C(=O)c2ccccc2F)nc2cnc(OCCOC)nc21. The van der Waals surface area contributed by atoms with Gasteiger partial charge < -0.3 is 14.0 Å². The van der Waals surface area contributed by atoms with Crippen molar-refractivity contribution in [2.75, 3.05) is 20.3 Å². The maximum Gasteiger partial charge on any atom is 0.318 e. The maximum atomic E-state index is 13.9. The number of methoxy groups -OCH3 is 1. The van der Waals surface area contributed by atoms with Gasteiger partial charge >= 0.3 is 6.01 Å². The normalized spacial score (nSPS) is 11.0. The fraction of sp³-hybridized carbons (Fsp3) is 0.294. The van der Waals surface area contributed by atoms with Gasteiger partial charge in [-0.2, -0.15) is 4.98 Å². The number of ketones is 1. The van der Waals surface area contributed by atoms with Gasteiger partial charge in [0, 0.05) is 13.7 Å². The van der Waals surface area contributed by atoms with Crippen LogP contribution in [-0.2, 0) is 11.3 Å². The van der Waals surface area contributed by atoms with Crippen LogP contribution in [0.3, 0.4) is 0 Å². The lowest BCUT2D eigenvalue weighted by Crippen LogP contribution is -2.13. The third-order valence-corrected chi connectivity index (χ3v) is 3.62. The fourth-order valence-electron chi connectivity index (χ4n) is 2.43. The second-order valence-electron chi connectivity index (χ2n) is 5.19. The molecule has 25 heavy (non-hydrogen) atoms.